The number of carbonyl (C=O) groups excluding carboxylic acids is 1. The van der Waals surface area contributed by atoms with E-state index in [-0.39, 0.29) is 0 Å². The molecule has 1 aliphatic heterocycles. The Kier molecular flexibility index (Phi) is 3.60. The molecule has 0 saturated carbocycles. The van der Waals surface area contributed by atoms with Gasteiger partial charge in [-0.3, -0.25) is 4.79 Å². The first-order chi connectivity index (χ1) is 10.2. The van der Waals surface area contributed by atoms with Gasteiger partial charge in [0.05, 0.1) is 12.0 Å². The summed E-state index contributed by atoms with van der Waals surface area (Å²) < 4.78 is 5.98. The number of nitrogens with zero attached hydrogens (tertiary/aromatic N) is 2. The smallest absolute Gasteiger partial charge is 0.149 e. The van der Waals surface area contributed by atoms with Crippen LogP contribution in [0, 0.1) is 0 Å². The van der Waals surface area contributed by atoms with Gasteiger partial charge in [-0.2, -0.15) is 0 Å². The van der Waals surface area contributed by atoms with Gasteiger partial charge >= 0.3 is 0 Å². The second-order valence-electron chi connectivity index (χ2n) is 5.46. The lowest BCUT2D eigenvalue weighted by molar-refractivity contribution is -0.105. The van der Waals surface area contributed by atoms with Gasteiger partial charge in [0.15, 0.2) is 0 Å². The largest absolute Gasteiger partial charge is 0.456 e. The Morgan fingerprint density at radius 2 is 2.05 bits per heavy atom. The first kappa shape index (κ1) is 13.6. The van der Waals surface area contributed by atoms with Crippen LogP contribution in [0.2, 0.25) is 0 Å². The van der Waals surface area contributed by atoms with Crippen molar-refractivity contribution >= 4 is 18.3 Å². The third-order valence-electron chi connectivity index (χ3n) is 3.64. The number of benzene rings is 1. The number of ether oxygens (including phenoxy) is 1. The summed E-state index contributed by atoms with van der Waals surface area (Å²) in [7, 11) is 3.88. The number of aliphatic imine (C=N–C) groups is 1. The summed E-state index contributed by atoms with van der Waals surface area (Å²) >= 11 is 0. The molecule has 1 aromatic carbocycles. The van der Waals surface area contributed by atoms with Crippen molar-refractivity contribution in [2.45, 2.75) is 19.3 Å². The number of rotatable bonds is 3. The summed E-state index contributed by atoms with van der Waals surface area (Å²) in [5.41, 5.74) is 3.68. The zero-order valence-corrected chi connectivity index (χ0v) is 12.3. The van der Waals surface area contributed by atoms with E-state index in [2.05, 4.69) is 4.99 Å². The lowest BCUT2D eigenvalue weighted by atomic mass is 9.89. The summed E-state index contributed by atoms with van der Waals surface area (Å²) in [6.45, 7) is 0. The van der Waals surface area contributed by atoms with Gasteiger partial charge in [-0.25, -0.2) is 4.99 Å². The molecule has 1 heterocycles. The maximum atomic E-state index is 11.3. The van der Waals surface area contributed by atoms with Gasteiger partial charge < -0.3 is 9.64 Å². The molecule has 1 aromatic rings. The number of allylic oxidation sites excluding steroid dienone is 2. The molecule has 0 radical (unpaired) electrons. The molecule has 0 amide bonds. The number of carbonyl (C=O) groups is 1. The third kappa shape index (κ3) is 2.49. The Morgan fingerprint density at radius 1 is 1.24 bits per heavy atom. The molecule has 21 heavy (non-hydrogen) atoms. The average Bonchev–Trinajstić information content (AvgIpc) is 2.50. The highest BCUT2D eigenvalue weighted by Crippen LogP contribution is 2.43. The lowest BCUT2D eigenvalue weighted by Crippen LogP contribution is -2.16. The summed E-state index contributed by atoms with van der Waals surface area (Å²) in [6.07, 6.45) is 5.32. The van der Waals surface area contributed by atoms with Crippen molar-refractivity contribution in [1.29, 1.82) is 0 Å². The molecule has 0 fully saturated rings. The van der Waals surface area contributed by atoms with Crippen LogP contribution in [0.3, 0.4) is 0 Å². The van der Waals surface area contributed by atoms with Crippen LogP contribution in [-0.4, -0.2) is 31.6 Å². The van der Waals surface area contributed by atoms with Gasteiger partial charge in [0.1, 0.15) is 17.8 Å². The summed E-state index contributed by atoms with van der Waals surface area (Å²) in [4.78, 5) is 17.8. The number of fused-ring (bicyclic) bond motifs is 2. The van der Waals surface area contributed by atoms with Crippen LogP contribution in [0.5, 0.6) is 5.75 Å². The SMILES string of the molecule is CN(C)C=NC1=C2CCCC(C=O)=C2Oc2ccccc21. The van der Waals surface area contributed by atoms with E-state index in [1.165, 1.54) is 0 Å². The second-order valence-corrected chi connectivity index (χ2v) is 5.46. The van der Waals surface area contributed by atoms with Gasteiger partial charge in [0.2, 0.25) is 0 Å². The standard InChI is InChI=1S/C17H18N2O2/c1-19(2)11-18-16-13-7-3-4-9-15(13)21-17-12(10-20)6-5-8-14(16)17/h3-4,7,9-11H,5-6,8H2,1-2H3. The average molecular weight is 282 g/mol. The van der Waals surface area contributed by atoms with Crippen LogP contribution in [-0.2, 0) is 4.79 Å². The fraction of sp³-hybridized carbons (Fsp3) is 0.294. The van der Waals surface area contributed by atoms with Gasteiger partial charge in [-0.1, -0.05) is 12.1 Å². The normalized spacial score (nSPS) is 17.4. The van der Waals surface area contributed by atoms with Crippen LogP contribution in [0.1, 0.15) is 24.8 Å². The molecule has 2 aliphatic rings. The Labute approximate surface area is 124 Å². The topological polar surface area (TPSA) is 41.9 Å². The fourth-order valence-electron chi connectivity index (χ4n) is 2.69. The van der Waals surface area contributed by atoms with E-state index in [1.54, 1.807) is 6.34 Å². The van der Waals surface area contributed by atoms with Gasteiger partial charge in [-0.15, -0.1) is 0 Å². The van der Waals surface area contributed by atoms with E-state index in [0.29, 0.717) is 5.76 Å². The van der Waals surface area contributed by atoms with Crippen molar-refractivity contribution < 1.29 is 9.53 Å². The van der Waals surface area contributed by atoms with Crippen molar-refractivity contribution in [3.63, 3.8) is 0 Å². The van der Waals surface area contributed by atoms with Crippen molar-refractivity contribution in [2.24, 2.45) is 4.99 Å². The lowest BCUT2D eigenvalue weighted by Gasteiger charge is -2.28. The molecule has 108 valence electrons. The number of hydrogen-bond donors (Lipinski definition) is 0. The molecule has 0 atom stereocenters. The summed E-state index contributed by atoms with van der Waals surface area (Å²) in [5.74, 6) is 1.48. The predicted octanol–water partition coefficient (Wildman–Crippen LogP) is 3.02. The zero-order valence-electron chi connectivity index (χ0n) is 12.3. The van der Waals surface area contributed by atoms with E-state index in [1.807, 2.05) is 43.3 Å². The van der Waals surface area contributed by atoms with E-state index in [9.17, 15) is 4.79 Å². The highest BCUT2D eigenvalue weighted by Gasteiger charge is 2.29. The van der Waals surface area contributed by atoms with Crippen molar-refractivity contribution in [3.05, 3.63) is 46.7 Å². The highest BCUT2D eigenvalue weighted by molar-refractivity contribution is 5.85. The first-order valence-corrected chi connectivity index (χ1v) is 7.10. The van der Waals surface area contributed by atoms with Crippen LogP contribution < -0.4 is 4.74 Å². The number of hydrogen-bond acceptors (Lipinski definition) is 3. The molecule has 1 aliphatic carbocycles. The molecule has 0 bridgehead atoms. The zero-order chi connectivity index (χ0) is 14.8. The third-order valence-corrected chi connectivity index (χ3v) is 3.64. The number of para-hydroxylation sites is 1. The fourth-order valence-corrected chi connectivity index (χ4v) is 2.69. The molecule has 0 spiro atoms. The van der Waals surface area contributed by atoms with Crippen molar-refractivity contribution in [2.75, 3.05) is 14.1 Å². The molecule has 4 heteroatoms. The minimum Gasteiger partial charge on any atom is -0.456 e. The van der Waals surface area contributed by atoms with Gasteiger partial charge in [0.25, 0.3) is 0 Å². The molecule has 0 unspecified atom stereocenters. The minimum atomic E-state index is 0.709. The molecule has 4 nitrogen and oxygen atoms in total. The highest BCUT2D eigenvalue weighted by atomic mass is 16.5. The van der Waals surface area contributed by atoms with Crippen molar-refractivity contribution in [1.82, 2.24) is 4.90 Å². The van der Waals surface area contributed by atoms with Crippen LogP contribution >= 0.6 is 0 Å². The van der Waals surface area contributed by atoms with Crippen LogP contribution in [0.15, 0.2) is 46.2 Å². The predicted molar refractivity (Wildman–Crippen MR) is 83.1 cm³/mol. The molecule has 3 rings (SSSR count). The minimum absolute atomic E-state index is 0.709. The second kappa shape index (κ2) is 5.56. The Hall–Kier alpha value is -2.36. The maximum Gasteiger partial charge on any atom is 0.149 e. The van der Waals surface area contributed by atoms with E-state index in [0.717, 1.165) is 53.7 Å². The van der Waals surface area contributed by atoms with Crippen LogP contribution in [0.4, 0.5) is 0 Å². The van der Waals surface area contributed by atoms with E-state index < -0.39 is 0 Å². The molecule has 0 aromatic heterocycles. The monoisotopic (exact) mass is 282 g/mol. The number of aldehydes is 1. The van der Waals surface area contributed by atoms with E-state index >= 15 is 0 Å². The quantitative estimate of drug-likeness (QED) is 0.486. The van der Waals surface area contributed by atoms with Crippen molar-refractivity contribution in [3.8, 4) is 5.75 Å². The maximum absolute atomic E-state index is 11.3. The van der Waals surface area contributed by atoms with Crippen LogP contribution in [0.25, 0.3) is 5.70 Å². The molecular weight excluding hydrogens is 264 g/mol. The Balaban J connectivity index is 2.21. The van der Waals surface area contributed by atoms with Gasteiger partial charge in [-0.05, 0) is 31.4 Å². The van der Waals surface area contributed by atoms with E-state index in [4.69, 9.17) is 4.74 Å². The Morgan fingerprint density at radius 3 is 2.81 bits per heavy atom. The first-order valence-electron chi connectivity index (χ1n) is 7.10. The van der Waals surface area contributed by atoms with Gasteiger partial charge in [0, 0.05) is 30.8 Å². The molecule has 0 N–H and O–H groups in total. The molecular formula is C17H18N2O2. The Bertz CT molecular complexity index is 669. The summed E-state index contributed by atoms with van der Waals surface area (Å²) in [6, 6.07) is 7.84. The summed E-state index contributed by atoms with van der Waals surface area (Å²) in [5, 5.41) is 0. The molecule has 0 saturated heterocycles.